The van der Waals surface area contributed by atoms with Crippen LogP contribution >= 0.6 is 23.4 Å². The monoisotopic (exact) mass is 411 g/mol. The highest BCUT2D eigenvalue weighted by molar-refractivity contribution is 8.00. The summed E-state index contributed by atoms with van der Waals surface area (Å²) in [6.45, 7) is 4.89. The van der Waals surface area contributed by atoms with E-state index in [-0.39, 0.29) is 0 Å². The van der Waals surface area contributed by atoms with E-state index in [1.54, 1.807) is 30.4 Å². The zero-order valence-electron chi connectivity index (χ0n) is 15.4. The highest BCUT2D eigenvalue weighted by atomic mass is 35.5. The summed E-state index contributed by atoms with van der Waals surface area (Å²) in [5, 5.41) is 14.6. The van der Waals surface area contributed by atoms with Crippen molar-refractivity contribution in [1.82, 2.24) is 24.9 Å². The summed E-state index contributed by atoms with van der Waals surface area (Å²) in [4.78, 5) is 4.08. The van der Waals surface area contributed by atoms with Gasteiger partial charge in [-0.3, -0.25) is 4.98 Å². The predicted molar refractivity (Wildman–Crippen MR) is 109 cm³/mol. The van der Waals surface area contributed by atoms with Gasteiger partial charge in [0, 0.05) is 35.6 Å². The standard InChI is InChI=1S/C20H18ClN5OS/c1-3-26-18(14-7-10-22-11-8-14)23-24-19(26)28-20(2,17-9-12-27-25-17)15-5-4-6-16(21)13-15/h4-13H,3H2,1-2H3. The molecule has 0 saturated heterocycles. The number of rotatable bonds is 6. The highest BCUT2D eigenvalue weighted by Crippen LogP contribution is 2.46. The summed E-state index contributed by atoms with van der Waals surface area (Å²) in [5.41, 5.74) is 2.77. The van der Waals surface area contributed by atoms with Gasteiger partial charge in [-0.25, -0.2) is 0 Å². The van der Waals surface area contributed by atoms with Crippen LogP contribution in [0.3, 0.4) is 0 Å². The van der Waals surface area contributed by atoms with Gasteiger partial charge in [0.25, 0.3) is 0 Å². The molecule has 0 fully saturated rings. The van der Waals surface area contributed by atoms with Gasteiger partial charge in [0.1, 0.15) is 12.0 Å². The maximum absolute atomic E-state index is 6.27. The molecule has 0 radical (unpaired) electrons. The normalized spacial score (nSPS) is 13.4. The Morgan fingerprint density at radius 3 is 2.64 bits per heavy atom. The van der Waals surface area contributed by atoms with E-state index in [0.29, 0.717) is 5.02 Å². The number of pyridine rings is 1. The SMILES string of the molecule is CCn1c(SC(C)(c2cccc(Cl)c2)c2ccon2)nnc1-c1ccncc1. The summed E-state index contributed by atoms with van der Waals surface area (Å²) in [7, 11) is 0. The Labute approximate surface area is 172 Å². The van der Waals surface area contributed by atoms with Crippen LogP contribution in [0.5, 0.6) is 0 Å². The van der Waals surface area contributed by atoms with Crippen LogP contribution in [0.25, 0.3) is 11.4 Å². The highest BCUT2D eigenvalue weighted by Gasteiger charge is 2.35. The molecule has 0 aliphatic rings. The van der Waals surface area contributed by atoms with Crippen molar-refractivity contribution in [3.63, 3.8) is 0 Å². The molecule has 0 aliphatic carbocycles. The Morgan fingerprint density at radius 2 is 1.96 bits per heavy atom. The maximum Gasteiger partial charge on any atom is 0.192 e. The molecular weight excluding hydrogens is 394 g/mol. The first kappa shape index (κ1) is 18.7. The number of nitrogens with zero attached hydrogens (tertiary/aromatic N) is 5. The minimum Gasteiger partial charge on any atom is -0.364 e. The molecule has 0 spiro atoms. The molecule has 0 N–H and O–H groups in total. The minimum atomic E-state index is -0.548. The van der Waals surface area contributed by atoms with Gasteiger partial charge < -0.3 is 9.09 Å². The van der Waals surface area contributed by atoms with Crippen LogP contribution in [0, 0.1) is 0 Å². The fraction of sp³-hybridized carbons (Fsp3) is 0.200. The minimum absolute atomic E-state index is 0.548. The van der Waals surface area contributed by atoms with Gasteiger partial charge in [-0.1, -0.05) is 40.7 Å². The van der Waals surface area contributed by atoms with E-state index in [0.717, 1.165) is 34.3 Å². The van der Waals surface area contributed by atoms with Crippen molar-refractivity contribution in [2.24, 2.45) is 0 Å². The van der Waals surface area contributed by atoms with Gasteiger partial charge in [0.05, 0.1) is 4.75 Å². The molecule has 0 aliphatic heterocycles. The number of benzene rings is 1. The first-order valence-electron chi connectivity index (χ1n) is 8.81. The molecule has 0 saturated carbocycles. The van der Waals surface area contributed by atoms with E-state index in [1.165, 1.54) is 0 Å². The van der Waals surface area contributed by atoms with E-state index in [1.807, 2.05) is 42.5 Å². The van der Waals surface area contributed by atoms with Crippen LogP contribution in [0.1, 0.15) is 25.1 Å². The van der Waals surface area contributed by atoms with Crippen molar-refractivity contribution < 1.29 is 4.52 Å². The lowest BCUT2D eigenvalue weighted by molar-refractivity contribution is 0.407. The van der Waals surface area contributed by atoms with Crippen molar-refractivity contribution in [3.8, 4) is 11.4 Å². The number of halogens is 1. The molecular formula is C20H18ClN5OS. The molecule has 1 aromatic carbocycles. The molecule has 3 heterocycles. The zero-order valence-corrected chi connectivity index (χ0v) is 17.0. The summed E-state index contributed by atoms with van der Waals surface area (Å²) in [6.07, 6.45) is 5.08. The molecule has 0 amide bonds. The first-order chi connectivity index (χ1) is 13.6. The smallest absolute Gasteiger partial charge is 0.192 e. The summed E-state index contributed by atoms with van der Waals surface area (Å²) in [6, 6.07) is 13.5. The summed E-state index contributed by atoms with van der Waals surface area (Å²) in [5.74, 6) is 0.806. The third kappa shape index (κ3) is 3.43. The zero-order chi connectivity index (χ0) is 19.6. The average molecular weight is 412 g/mol. The number of thioether (sulfide) groups is 1. The Balaban J connectivity index is 1.80. The molecule has 4 rings (SSSR count). The number of aromatic nitrogens is 5. The molecule has 28 heavy (non-hydrogen) atoms. The lowest BCUT2D eigenvalue weighted by Gasteiger charge is -2.27. The lowest BCUT2D eigenvalue weighted by atomic mass is 9.97. The number of hydrogen-bond donors (Lipinski definition) is 0. The molecule has 6 nitrogen and oxygen atoms in total. The van der Waals surface area contributed by atoms with E-state index in [2.05, 4.69) is 38.8 Å². The van der Waals surface area contributed by atoms with E-state index < -0.39 is 4.75 Å². The largest absolute Gasteiger partial charge is 0.364 e. The maximum atomic E-state index is 6.27. The Morgan fingerprint density at radius 1 is 1.14 bits per heavy atom. The lowest BCUT2D eigenvalue weighted by Crippen LogP contribution is -2.21. The third-order valence-electron chi connectivity index (χ3n) is 4.57. The Bertz CT molecular complexity index is 1070. The van der Waals surface area contributed by atoms with Crippen LogP contribution in [0.15, 0.2) is 70.8 Å². The second kappa shape index (κ2) is 7.77. The van der Waals surface area contributed by atoms with Gasteiger partial charge in [-0.2, -0.15) is 0 Å². The molecule has 1 unspecified atom stereocenters. The van der Waals surface area contributed by atoms with Crippen molar-refractivity contribution in [2.75, 3.05) is 0 Å². The molecule has 142 valence electrons. The second-order valence-corrected chi connectivity index (χ2v) is 8.14. The third-order valence-corrected chi connectivity index (χ3v) is 6.14. The van der Waals surface area contributed by atoms with Crippen molar-refractivity contribution in [2.45, 2.75) is 30.3 Å². The topological polar surface area (TPSA) is 69.6 Å². The van der Waals surface area contributed by atoms with Crippen LogP contribution in [0.4, 0.5) is 0 Å². The van der Waals surface area contributed by atoms with Gasteiger partial charge in [-0.05, 0) is 43.7 Å². The number of hydrogen-bond acceptors (Lipinski definition) is 6. The molecule has 8 heteroatoms. The van der Waals surface area contributed by atoms with Crippen LogP contribution in [-0.4, -0.2) is 24.9 Å². The molecule has 1 atom stereocenters. The second-order valence-electron chi connectivity index (χ2n) is 6.32. The first-order valence-corrected chi connectivity index (χ1v) is 10.0. The molecule has 3 aromatic heterocycles. The average Bonchev–Trinajstić information content (AvgIpc) is 3.39. The Kier molecular flexibility index (Phi) is 5.19. The van der Waals surface area contributed by atoms with Crippen molar-refractivity contribution >= 4 is 23.4 Å². The van der Waals surface area contributed by atoms with E-state index in [9.17, 15) is 0 Å². The van der Waals surface area contributed by atoms with Crippen LogP contribution in [0.2, 0.25) is 5.02 Å². The van der Waals surface area contributed by atoms with Gasteiger partial charge in [0.15, 0.2) is 11.0 Å². The predicted octanol–water partition coefficient (Wildman–Crippen LogP) is 5.06. The quantitative estimate of drug-likeness (QED) is 0.413. The van der Waals surface area contributed by atoms with Crippen molar-refractivity contribution in [1.29, 1.82) is 0 Å². The fourth-order valence-corrected chi connectivity index (χ4v) is 4.47. The summed E-state index contributed by atoms with van der Waals surface area (Å²) < 4.78 is 6.67. The van der Waals surface area contributed by atoms with Crippen LogP contribution < -0.4 is 0 Å². The fourth-order valence-electron chi connectivity index (χ4n) is 3.05. The van der Waals surface area contributed by atoms with E-state index >= 15 is 0 Å². The Hall–Kier alpha value is -2.64. The molecule has 0 bridgehead atoms. The van der Waals surface area contributed by atoms with Gasteiger partial charge >= 0.3 is 0 Å². The molecule has 4 aromatic rings. The summed E-state index contributed by atoms with van der Waals surface area (Å²) >= 11 is 7.84. The van der Waals surface area contributed by atoms with Crippen molar-refractivity contribution in [3.05, 3.63) is 77.4 Å². The van der Waals surface area contributed by atoms with Gasteiger partial charge in [0.2, 0.25) is 0 Å². The van der Waals surface area contributed by atoms with Gasteiger partial charge in [-0.15, -0.1) is 10.2 Å². The van der Waals surface area contributed by atoms with Crippen LogP contribution in [-0.2, 0) is 11.3 Å². The van der Waals surface area contributed by atoms with E-state index in [4.69, 9.17) is 16.1 Å².